The van der Waals surface area contributed by atoms with Gasteiger partial charge < -0.3 is 4.74 Å². The van der Waals surface area contributed by atoms with Crippen LogP contribution in [0.3, 0.4) is 0 Å². The summed E-state index contributed by atoms with van der Waals surface area (Å²) in [6, 6.07) is 13.0. The Kier molecular flexibility index (Phi) is 3.82. The lowest BCUT2D eigenvalue weighted by Gasteiger charge is -2.20. The summed E-state index contributed by atoms with van der Waals surface area (Å²) in [6.45, 7) is 1.43. The van der Waals surface area contributed by atoms with E-state index >= 15 is 0 Å². The summed E-state index contributed by atoms with van der Waals surface area (Å²) in [5.74, 6) is 0.0881. The minimum atomic E-state index is -0.759. The van der Waals surface area contributed by atoms with Crippen LogP contribution in [-0.2, 0) is 9.53 Å². The van der Waals surface area contributed by atoms with Crippen molar-refractivity contribution in [3.05, 3.63) is 71.1 Å². The van der Waals surface area contributed by atoms with Crippen LogP contribution in [0, 0.1) is 0 Å². The Balaban J connectivity index is 1.77. The van der Waals surface area contributed by atoms with Gasteiger partial charge in [0.15, 0.2) is 0 Å². The molecular formula is C18H13ClN4O2. The summed E-state index contributed by atoms with van der Waals surface area (Å²) >= 11 is 6.36. The molecule has 1 aliphatic rings. The number of carbonyl (C=O) groups is 1. The third-order valence-electron chi connectivity index (χ3n) is 3.86. The molecule has 3 aromatic rings. The van der Waals surface area contributed by atoms with E-state index < -0.39 is 6.23 Å². The first kappa shape index (κ1) is 15.5. The lowest BCUT2D eigenvalue weighted by Crippen LogP contribution is -2.25. The van der Waals surface area contributed by atoms with Crippen LogP contribution in [0.5, 0.6) is 0 Å². The number of rotatable bonds is 2. The first-order valence-corrected chi connectivity index (χ1v) is 8.02. The maximum atomic E-state index is 12.0. The highest BCUT2D eigenvalue weighted by Crippen LogP contribution is 2.35. The van der Waals surface area contributed by atoms with Crippen molar-refractivity contribution >= 4 is 34.3 Å². The predicted octanol–water partition coefficient (Wildman–Crippen LogP) is 3.52. The number of para-hydroxylation sites is 1. The smallest absolute Gasteiger partial charge is 0.243 e. The highest BCUT2D eigenvalue weighted by Gasteiger charge is 2.35. The molecule has 25 heavy (non-hydrogen) atoms. The van der Waals surface area contributed by atoms with E-state index in [1.165, 1.54) is 11.9 Å². The van der Waals surface area contributed by atoms with Gasteiger partial charge in [0.2, 0.25) is 18.0 Å². The molecule has 124 valence electrons. The normalized spacial score (nSPS) is 16.6. The average molecular weight is 353 g/mol. The van der Waals surface area contributed by atoms with Gasteiger partial charge in [0.05, 0.1) is 11.1 Å². The number of halogens is 1. The van der Waals surface area contributed by atoms with E-state index in [4.69, 9.17) is 16.3 Å². The van der Waals surface area contributed by atoms with Gasteiger partial charge in [-0.15, -0.1) is 5.10 Å². The van der Waals surface area contributed by atoms with Gasteiger partial charge in [-0.1, -0.05) is 29.8 Å². The van der Waals surface area contributed by atoms with E-state index in [0.29, 0.717) is 11.5 Å². The summed E-state index contributed by atoms with van der Waals surface area (Å²) in [6.07, 6.45) is 2.51. The molecule has 0 aliphatic carbocycles. The van der Waals surface area contributed by atoms with Crippen molar-refractivity contribution in [2.45, 2.75) is 13.2 Å². The maximum absolute atomic E-state index is 12.0. The fourth-order valence-corrected chi connectivity index (χ4v) is 2.90. The summed E-state index contributed by atoms with van der Waals surface area (Å²) in [5.41, 5.74) is 2.09. The van der Waals surface area contributed by atoms with E-state index in [1.54, 1.807) is 24.5 Å². The number of ether oxygens (including phenoxy) is 1. The average Bonchev–Trinajstić information content (AvgIpc) is 3.07. The molecule has 1 unspecified atom stereocenters. The maximum Gasteiger partial charge on any atom is 0.243 e. The highest BCUT2D eigenvalue weighted by molar-refractivity contribution is 6.30. The standard InChI is InChI=1S/C18H13ClN4O2/c1-11(24)23-18(25-17(22-23)12-6-8-20-9-7-12)14-10-13-4-2-3-5-15(13)21-16(14)19/h2-10,18H,1H3. The number of nitrogens with zero attached hydrogens (tertiary/aromatic N) is 4. The number of aromatic nitrogens is 2. The number of amides is 1. The van der Waals surface area contributed by atoms with Crippen LogP contribution in [0.2, 0.25) is 5.15 Å². The second-order valence-electron chi connectivity index (χ2n) is 5.54. The van der Waals surface area contributed by atoms with Gasteiger partial charge in [-0.25, -0.2) is 4.98 Å². The Hall–Kier alpha value is -2.99. The molecule has 4 rings (SSSR count). The topological polar surface area (TPSA) is 67.7 Å². The SMILES string of the molecule is CC(=O)N1N=C(c2ccncc2)OC1c1cc2ccccc2nc1Cl. The first-order valence-electron chi connectivity index (χ1n) is 7.64. The van der Waals surface area contributed by atoms with Gasteiger partial charge in [0.25, 0.3) is 0 Å². The number of hydrogen-bond acceptors (Lipinski definition) is 5. The number of pyridine rings is 2. The van der Waals surface area contributed by atoms with Gasteiger partial charge in [0.1, 0.15) is 5.15 Å². The molecule has 0 bridgehead atoms. The van der Waals surface area contributed by atoms with Gasteiger partial charge in [0, 0.05) is 30.3 Å². The molecule has 1 atom stereocenters. The van der Waals surface area contributed by atoms with Crippen molar-refractivity contribution in [2.24, 2.45) is 5.10 Å². The van der Waals surface area contributed by atoms with Gasteiger partial charge in [-0.2, -0.15) is 5.01 Å². The zero-order chi connectivity index (χ0) is 17.4. The lowest BCUT2D eigenvalue weighted by molar-refractivity contribution is -0.135. The van der Waals surface area contributed by atoms with Crippen molar-refractivity contribution in [1.29, 1.82) is 0 Å². The molecule has 0 saturated heterocycles. The molecule has 2 aromatic heterocycles. The quantitative estimate of drug-likeness (QED) is 0.662. The van der Waals surface area contributed by atoms with Crippen LogP contribution in [0.1, 0.15) is 24.3 Å². The first-order chi connectivity index (χ1) is 12.1. The van der Waals surface area contributed by atoms with E-state index in [0.717, 1.165) is 16.5 Å². The zero-order valence-corrected chi connectivity index (χ0v) is 14.0. The van der Waals surface area contributed by atoms with E-state index in [9.17, 15) is 4.79 Å². The monoisotopic (exact) mass is 352 g/mol. The van der Waals surface area contributed by atoms with E-state index in [1.807, 2.05) is 30.3 Å². The molecule has 6 nitrogen and oxygen atoms in total. The second kappa shape index (κ2) is 6.14. The van der Waals surface area contributed by atoms with Crippen molar-refractivity contribution in [3.63, 3.8) is 0 Å². The van der Waals surface area contributed by atoms with Crippen LogP contribution >= 0.6 is 11.6 Å². The number of carbonyl (C=O) groups excluding carboxylic acids is 1. The van der Waals surface area contributed by atoms with E-state index in [2.05, 4.69) is 15.1 Å². The number of hydrogen-bond donors (Lipinski definition) is 0. The van der Waals surface area contributed by atoms with Gasteiger partial charge in [-0.05, 0) is 24.3 Å². The van der Waals surface area contributed by atoms with Gasteiger partial charge >= 0.3 is 0 Å². The molecule has 7 heteroatoms. The van der Waals surface area contributed by atoms with Gasteiger partial charge in [-0.3, -0.25) is 9.78 Å². The molecule has 0 saturated carbocycles. The molecule has 0 fully saturated rings. The second-order valence-corrected chi connectivity index (χ2v) is 5.89. The van der Waals surface area contributed by atoms with Crippen molar-refractivity contribution < 1.29 is 9.53 Å². The van der Waals surface area contributed by atoms with Crippen LogP contribution in [0.15, 0.2) is 60.0 Å². The molecule has 0 spiro atoms. The summed E-state index contributed by atoms with van der Waals surface area (Å²) < 4.78 is 5.94. The van der Waals surface area contributed by atoms with Crippen LogP contribution < -0.4 is 0 Å². The number of hydrazone groups is 1. The number of benzene rings is 1. The molecule has 0 N–H and O–H groups in total. The predicted molar refractivity (Wildman–Crippen MR) is 93.9 cm³/mol. The van der Waals surface area contributed by atoms with E-state index in [-0.39, 0.29) is 11.1 Å². The number of fused-ring (bicyclic) bond motifs is 1. The summed E-state index contributed by atoms with van der Waals surface area (Å²) in [4.78, 5) is 20.4. The van der Waals surface area contributed by atoms with Crippen molar-refractivity contribution in [1.82, 2.24) is 15.0 Å². The largest absolute Gasteiger partial charge is 0.446 e. The lowest BCUT2D eigenvalue weighted by atomic mass is 10.1. The summed E-state index contributed by atoms with van der Waals surface area (Å²) in [5, 5.41) is 6.76. The fraction of sp³-hybridized carbons (Fsp3) is 0.111. The van der Waals surface area contributed by atoms with Crippen LogP contribution in [-0.4, -0.2) is 26.8 Å². The molecule has 1 amide bonds. The minimum absolute atomic E-state index is 0.252. The van der Waals surface area contributed by atoms with Crippen LogP contribution in [0.4, 0.5) is 0 Å². The molecule has 1 aliphatic heterocycles. The fourth-order valence-electron chi connectivity index (χ4n) is 2.66. The Labute approximate surface area is 148 Å². The Morgan fingerprint density at radius 2 is 1.96 bits per heavy atom. The van der Waals surface area contributed by atoms with Crippen molar-refractivity contribution in [3.8, 4) is 0 Å². The van der Waals surface area contributed by atoms with Crippen LogP contribution in [0.25, 0.3) is 10.9 Å². The third kappa shape index (κ3) is 2.81. The zero-order valence-electron chi connectivity index (χ0n) is 13.3. The summed E-state index contributed by atoms with van der Waals surface area (Å²) in [7, 11) is 0. The molecule has 3 heterocycles. The molecule has 1 aromatic carbocycles. The van der Waals surface area contributed by atoms with Crippen molar-refractivity contribution in [2.75, 3.05) is 0 Å². The Bertz CT molecular complexity index is 991. The Morgan fingerprint density at radius 1 is 1.20 bits per heavy atom. The minimum Gasteiger partial charge on any atom is -0.446 e. The molecule has 0 radical (unpaired) electrons. The third-order valence-corrected chi connectivity index (χ3v) is 4.17. The Morgan fingerprint density at radius 3 is 2.72 bits per heavy atom. The highest BCUT2D eigenvalue weighted by atomic mass is 35.5. The molecular weight excluding hydrogens is 340 g/mol.